The molecule has 0 aliphatic rings. The Balaban J connectivity index is 2.57. The number of amides is 1. The number of carbonyl (C=O) groups excluding carboxylic acids is 1. The van der Waals surface area contributed by atoms with Crippen LogP contribution in [0.2, 0.25) is 0 Å². The lowest BCUT2D eigenvalue weighted by atomic mass is 10.1. The molecular weight excluding hydrogens is 250 g/mol. The van der Waals surface area contributed by atoms with Gasteiger partial charge in [0.05, 0.1) is 0 Å². The molecule has 0 fully saturated rings. The molecular formula is C17H27NO2. The molecule has 0 saturated heterocycles. The Bertz CT molecular complexity index is 429. The van der Waals surface area contributed by atoms with Crippen LogP contribution in [-0.4, -0.2) is 18.6 Å². The molecule has 0 aromatic heterocycles. The highest BCUT2D eigenvalue weighted by Gasteiger charge is 2.18. The third-order valence-corrected chi connectivity index (χ3v) is 3.57. The van der Waals surface area contributed by atoms with Crippen LogP contribution in [0.3, 0.4) is 0 Å². The standard InChI is InChI=1S/C17H27NO2/c1-5-7-8-12-18-17(19)15(6-2)20-16-11-9-10-13(3)14(16)4/h9-11,15H,5-8,12H2,1-4H3,(H,18,19). The van der Waals surface area contributed by atoms with E-state index >= 15 is 0 Å². The van der Waals surface area contributed by atoms with E-state index in [2.05, 4.69) is 12.2 Å². The van der Waals surface area contributed by atoms with E-state index in [1.807, 2.05) is 39.0 Å². The molecule has 1 rings (SSSR count). The van der Waals surface area contributed by atoms with E-state index < -0.39 is 6.10 Å². The SMILES string of the molecule is CCCCCNC(=O)C(CC)Oc1cccc(C)c1C. The van der Waals surface area contributed by atoms with Crippen molar-refractivity contribution in [2.75, 3.05) is 6.54 Å². The molecule has 1 amide bonds. The van der Waals surface area contributed by atoms with Crippen LogP contribution >= 0.6 is 0 Å². The highest BCUT2D eigenvalue weighted by Crippen LogP contribution is 2.22. The van der Waals surface area contributed by atoms with Crippen LogP contribution in [0.15, 0.2) is 18.2 Å². The van der Waals surface area contributed by atoms with E-state index in [0.717, 1.165) is 37.1 Å². The quantitative estimate of drug-likeness (QED) is 0.735. The van der Waals surface area contributed by atoms with E-state index in [1.165, 1.54) is 5.56 Å². The number of nitrogens with one attached hydrogen (secondary N) is 1. The van der Waals surface area contributed by atoms with Crippen molar-refractivity contribution < 1.29 is 9.53 Å². The van der Waals surface area contributed by atoms with E-state index in [4.69, 9.17) is 4.74 Å². The minimum Gasteiger partial charge on any atom is -0.480 e. The van der Waals surface area contributed by atoms with Gasteiger partial charge in [0.25, 0.3) is 5.91 Å². The Labute approximate surface area is 122 Å². The van der Waals surface area contributed by atoms with Crippen LogP contribution in [-0.2, 0) is 4.79 Å². The normalized spacial score (nSPS) is 12.0. The lowest BCUT2D eigenvalue weighted by Crippen LogP contribution is -2.38. The number of ether oxygens (including phenoxy) is 1. The summed E-state index contributed by atoms with van der Waals surface area (Å²) >= 11 is 0. The topological polar surface area (TPSA) is 38.3 Å². The van der Waals surface area contributed by atoms with Crippen LogP contribution in [0.4, 0.5) is 0 Å². The molecule has 0 aliphatic carbocycles. The Morgan fingerprint density at radius 1 is 1.25 bits per heavy atom. The van der Waals surface area contributed by atoms with Gasteiger partial charge in [-0.1, -0.05) is 38.8 Å². The summed E-state index contributed by atoms with van der Waals surface area (Å²) in [4.78, 5) is 12.1. The Hall–Kier alpha value is -1.51. The van der Waals surface area contributed by atoms with Gasteiger partial charge in [0, 0.05) is 6.54 Å². The summed E-state index contributed by atoms with van der Waals surface area (Å²) < 4.78 is 5.88. The fraction of sp³-hybridized carbons (Fsp3) is 0.588. The summed E-state index contributed by atoms with van der Waals surface area (Å²) in [7, 11) is 0. The molecule has 0 heterocycles. The molecule has 112 valence electrons. The first kappa shape index (κ1) is 16.5. The number of aryl methyl sites for hydroxylation is 1. The summed E-state index contributed by atoms with van der Waals surface area (Å²) in [6.45, 7) is 8.94. The van der Waals surface area contributed by atoms with E-state index in [1.54, 1.807) is 0 Å². The first-order valence-electron chi connectivity index (χ1n) is 7.60. The molecule has 1 unspecified atom stereocenters. The molecule has 1 aromatic rings. The molecule has 1 N–H and O–H groups in total. The van der Waals surface area contributed by atoms with Gasteiger partial charge in [-0.15, -0.1) is 0 Å². The largest absolute Gasteiger partial charge is 0.480 e. The Morgan fingerprint density at radius 2 is 2.00 bits per heavy atom. The van der Waals surface area contributed by atoms with E-state index in [0.29, 0.717) is 6.42 Å². The fourth-order valence-corrected chi connectivity index (χ4v) is 2.03. The lowest BCUT2D eigenvalue weighted by Gasteiger charge is -2.19. The van der Waals surface area contributed by atoms with Gasteiger partial charge in [-0.25, -0.2) is 0 Å². The number of rotatable bonds is 8. The van der Waals surface area contributed by atoms with Gasteiger partial charge in [0.2, 0.25) is 0 Å². The van der Waals surface area contributed by atoms with Gasteiger partial charge in [0.1, 0.15) is 5.75 Å². The Morgan fingerprint density at radius 3 is 2.65 bits per heavy atom. The van der Waals surface area contributed by atoms with Crippen molar-refractivity contribution in [2.45, 2.75) is 59.5 Å². The van der Waals surface area contributed by atoms with Gasteiger partial charge in [-0.3, -0.25) is 4.79 Å². The minimum atomic E-state index is -0.405. The average Bonchev–Trinajstić information content (AvgIpc) is 2.45. The predicted octanol–water partition coefficient (Wildman–Crippen LogP) is 3.77. The first-order chi connectivity index (χ1) is 9.60. The van der Waals surface area contributed by atoms with E-state index in [-0.39, 0.29) is 5.91 Å². The number of hydrogen-bond donors (Lipinski definition) is 1. The predicted molar refractivity (Wildman–Crippen MR) is 83.2 cm³/mol. The second-order valence-electron chi connectivity index (χ2n) is 5.21. The highest BCUT2D eigenvalue weighted by molar-refractivity contribution is 5.81. The number of carbonyl (C=O) groups is 1. The molecule has 3 heteroatoms. The molecule has 3 nitrogen and oxygen atoms in total. The second-order valence-corrected chi connectivity index (χ2v) is 5.21. The maximum atomic E-state index is 12.1. The summed E-state index contributed by atoms with van der Waals surface area (Å²) in [6.07, 6.45) is 3.60. The average molecular weight is 277 g/mol. The molecule has 0 spiro atoms. The summed E-state index contributed by atoms with van der Waals surface area (Å²) in [5, 5.41) is 2.96. The van der Waals surface area contributed by atoms with Gasteiger partial charge in [0.15, 0.2) is 6.10 Å². The van der Waals surface area contributed by atoms with Crippen LogP contribution < -0.4 is 10.1 Å². The maximum Gasteiger partial charge on any atom is 0.261 e. The molecule has 20 heavy (non-hydrogen) atoms. The maximum absolute atomic E-state index is 12.1. The molecule has 0 radical (unpaired) electrons. The first-order valence-corrected chi connectivity index (χ1v) is 7.60. The second kappa shape index (κ2) is 8.62. The van der Waals surface area contributed by atoms with Crippen LogP contribution in [0, 0.1) is 13.8 Å². The van der Waals surface area contributed by atoms with Gasteiger partial charge in [-0.2, -0.15) is 0 Å². The summed E-state index contributed by atoms with van der Waals surface area (Å²) in [5.74, 6) is 0.796. The summed E-state index contributed by atoms with van der Waals surface area (Å²) in [5.41, 5.74) is 2.28. The minimum absolute atomic E-state index is 0.00971. The molecule has 0 saturated carbocycles. The van der Waals surface area contributed by atoms with E-state index in [9.17, 15) is 4.79 Å². The van der Waals surface area contributed by atoms with Gasteiger partial charge in [-0.05, 0) is 43.9 Å². The van der Waals surface area contributed by atoms with Gasteiger partial charge < -0.3 is 10.1 Å². The van der Waals surface area contributed by atoms with Crippen molar-refractivity contribution in [1.82, 2.24) is 5.32 Å². The third-order valence-electron chi connectivity index (χ3n) is 3.57. The zero-order chi connectivity index (χ0) is 15.0. The number of hydrogen-bond acceptors (Lipinski definition) is 2. The monoisotopic (exact) mass is 277 g/mol. The van der Waals surface area contributed by atoms with Crippen LogP contribution in [0.25, 0.3) is 0 Å². The van der Waals surface area contributed by atoms with Crippen molar-refractivity contribution in [2.24, 2.45) is 0 Å². The zero-order valence-corrected chi connectivity index (χ0v) is 13.2. The van der Waals surface area contributed by atoms with Crippen LogP contribution in [0.1, 0.15) is 50.7 Å². The lowest BCUT2D eigenvalue weighted by molar-refractivity contribution is -0.128. The zero-order valence-electron chi connectivity index (χ0n) is 13.2. The molecule has 1 atom stereocenters. The third kappa shape index (κ3) is 4.87. The molecule has 0 aliphatic heterocycles. The molecule has 0 bridgehead atoms. The van der Waals surface area contributed by atoms with Crippen molar-refractivity contribution in [3.63, 3.8) is 0 Å². The number of unbranched alkanes of at least 4 members (excludes halogenated alkanes) is 2. The van der Waals surface area contributed by atoms with Crippen molar-refractivity contribution in [1.29, 1.82) is 0 Å². The summed E-state index contributed by atoms with van der Waals surface area (Å²) in [6, 6.07) is 5.94. The smallest absolute Gasteiger partial charge is 0.261 e. The van der Waals surface area contributed by atoms with Crippen molar-refractivity contribution >= 4 is 5.91 Å². The number of benzene rings is 1. The van der Waals surface area contributed by atoms with Crippen LogP contribution in [0.5, 0.6) is 5.75 Å². The van der Waals surface area contributed by atoms with Crippen molar-refractivity contribution in [3.05, 3.63) is 29.3 Å². The Kier molecular flexibility index (Phi) is 7.13. The van der Waals surface area contributed by atoms with Gasteiger partial charge >= 0.3 is 0 Å². The fourth-order valence-electron chi connectivity index (χ4n) is 2.03. The highest BCUT2D eigenvalue weighted by atomic mass is 16.5. The van der Waals surface area contributed by atoms with Crippen molar-refractivity contribution in [3.8, 4) is 5.75 Å². The molecule has 1 aromatic carbocycles.